The van der Waals surface area contributed by atoms with Gasteiger partial charge in [-0.2, -0.15) is 0 Å². The lowest BCUT2D eigenvalue weighted by Gasteiger charge is -2.18. The molecule has 5 aromatic rings. The monoisotopic (exact) mass is 586 g/mol. The van der Waals surface area contributed by atoms with Crippen molar-refractivity contribution in [2.24, 2.45) is 0 Å². The number of carbonyl (C=O) groups excluding carboxylic acids is 1. The summed E-state index contributed by atoms with van der Waals surface area (Å²) in [6, 6.07) is 33.3. The largest absolute Gasteiger partial charge is 0.462 e. The molecule has 0 aliphatic rings. The van der Waals surface area contributed by atoms with E-state index in [2.05, 4.69) is 105 Å². The van der Waals surface area contributed by atoms with E-state index in [1.165, 1.54) is 54.9 Å². The van der Waals surface area contributed by atoms with E-state index in [1.54, 1.807) is 0 Å². The van der Waals surface area contributed by atoms with E-state index in [9.17, 15) is 9.90 Å². The van der Waals surface area contributed by atoms with Crippen LogP contribution in [-0.4, -0.2) is 36.0 Å². The second kappa shape index (κ2) is 14.5. The molecular weight excluding hydrogens is 544 g/mol. The van der Waals surface area contributed by atoms with Gasteiger partial charge in [0.15, 0.2) is 0 Å². The second-order valence-electron chi connectivity index (χ2n) is 11.7. The Morgan fingerprint density at radius 1 is 0.705 bits per heavy atom. The lowest BCUT2D eigenvalue weighted by Crippen LogP contribution is -2.18. The number of rotatable bonds is 13. The highest BCUT2D eigenvalue weighted by Crippen LogP contribution is 2.29. The van der Waals surface area contributed by atoms with Crippen molar-refractivity contribution in [3.63, 3.8) is 0 Å². The van der Waals surface area contributed by atoms with Crippen molar-refractivity contribution < 1.29 is 19.7 Å². The lowest BCUT2D eigenvalue weighted by atomic mass is 9.91. The number of hydrogen-bond acceptors (Lipinski definition) is 4. The van der Waals surface area contributed by atoms with Gasteiger partial charge in [-0.1, -0.05) is 106 Å². The van der Waals surface area contributed by atoms with Gasteiger partial charge in [-0.15, -0.1) is 0 Å². The molecule has 0 saturated carbocycles. The predicted octanol–water partition coefficient (Wildman–Crippen LogP) is 8.13. The molecule has 1 atom stereocenters. The van der Waals surface area contributed by atoms with E-state index in [-0.39, 0.29) is 24.7 Å². The molecule has 0 fully saturated rings. The van der Waals surface area contributed by atoms with Crippen LogP contribution in [0.5, 0.6) is 0 Å². The summed E-state index contributed by atoms with van der Waals surface area (Å²) < 4.78 is 5.25. The van der Waals surface area contributed by atoms with E-state index in [0.29, 0.717) is 0 Å². The van der Waals surface area contributed by atoms with Crippen molar-refractivity contribution >= 4 is 27.5 Å². The van der Waals surface area contributed by atoms with Crippen molar-refractivity contribution in [2.75, 3.05) is 19.8 Å². The number of aliphatic hydroxyl groups is 2. The Morgan fingerprint density at radius 3 is 1.86 bits per heavy atom. The van der Waals surface area contributed by atoms with Crippen molar-refractivity contribution in [2.45, 2.75) is 51.9 Å². The summed E-state index contributed by atoms with van der Waals surface area (Å²) in [4.78, 5) is 11.9. The summed E-state index contributed by atoms with van der Waals surface area (Å²) in [5, 5.41) is 24.1. The molecule has 226 valence electrons. The summed E-state index contributed by atoms with van der Waals surface area (Å²) in [5.74, 6) is -0.970. The molecule has 1 unspecified atom stereocenters. The quantitative estimate of drug-likeness (QED) is 0.108. The summed E-state index contributed by atoms with van der Waals surface area (Å²) in [6.45, 7) is 7.31. The van der Waals surface area contributed by atoms with Gasteiger partial charge < -0.3 is 14.9 Å². The highest BCUT2D eigenvalue weighted by atomic mass is 16.5. The van der Waals surface area contributed by atoms with Gasteiger partial charge in [0, 0.05) is 5.92 Å². The van der Waals surface area contributed by atoms with Crippen LogP contribution in [0.1, 0.15) is 54.0 Å². The van der Waals surface area contributed by atoms with Crippen LogP contribution < -0.4 is 0 Å². The highest BCUT2D eigenvalue weighted by Gasteiger charge is 2.16. The van der Waals surface area contributed by atoms with E-state index in [4.69, 9.17) is 9.84 Å². The summed E-state index contributed by atoms with van der Waals surface area (Å²) in [6.07, 6.45) is 5.00. The first-order chi connectivity index (χ1) is 21.4. The van der Waals surface area contributed by atoms with Crippen molar-refractivity contribution in [3.8, 4) is 11.1 Å². The van der Waals surface area contributed by atoms with E-state index >= 15 is 0 Å². The molecule has 0 radical (unpaired) electrons. The minimum Gasteiger partial charge on any atom is -0.462 e. The van der Waals surface area contributed by atoms with Crippen molar-refractivity contribution in [1.29, 1.82) is 0 Å². The first kappa shape index (κ1) is 31.2. The maximum Gasteiger partial charge on any atom is 0.335 e. The molecule has 4 heteroatoms. The molecule has 44 heavy (non-hydrogen) atoms. The van der Waals surface area contributed by atoms with Crippen LogP contribution in [0, 0.1) is 0 Å². The molecule has 2 N–H and O–H groups in total. The summed E-state index contributed by atoms with van der Waals surface area (Å²) >= 11 is 0. The molecule has 0 aliphatic heterocycles. The fourth-order valence-corrected chi connectivity index (χ4v) is 5.90. The Balaban J connectivity index is 1.27. The van der Waals surface area contributed by atoms with Crippen molar-refractivity contribution in [3.05, 3.63) is 131 Å². The van der Waals surface area contributed by atoms with Gasteiger partial charge in [-0.3, -0.25) is 0 Å². The maximum absolute atomic E-state index is 11.9. The smallest absolute Gasteiger partial charge is 0.335 e. The Labute approximate surface area is 260 Å². The standard InChI is InChI=1S/C40H42O4/c1-4-6-28-8-11-34-22-36(17-15-32(34)19-28)37-18-16-33-20-29(9-12-35(33)23-37)7-10-31-13-14-38(21-30(31)5-2)39(25-42)26-44-40(43)27(3)24-41/h8-9,11-23,39,41-42H,3-7,10,24-26H2,1-2H3. The number of esters is 1. The van der Waals surface area contributed by atoms with Crippen LogP contribution in [-0.2, 0) is 35.2 Å². The average molecular weight is 587 g/mol. The zero-order valence-corrected chi connectivity index (χ0v) is 25.8. The van der Waals surface area contributed by atoms with Gasteiger partial charge in [-0.25, -0.2) is 4.79 Å². The van der Waals surface area contributed by atoms with Crippen LogP contribution >= 0.6 is 0 Å². The molecule has 0 spiro atoms. The number of fused-ring (bicyclic) bond motifs is 2. The van der Waals surface area contributed by atoms with E-state index < -0.39 is 12.6 Å². The second-order valence-corrected chi connectivity index (χ2v) is 11.7. The number of ether oxygens (including phenoxy) is 1. The van der Waals surface area contributed by atoms with Crippen LogP contribution in [0.3, 0.4) is 0 Å². The summed E-state index contributed by atoms with van der Waals surface area (Å²) in [5.41, 5.74) is 8.62. The van der Waals surface area contributed by atoms with Crippen LogP contribution in [0.2, 0.25) is 0 Å². The number of aliphatic hydroxyl groups excluding tert-OH is 2. The topological polar surface area (TPSA) is 66.8 Å². The molecule has 0 aliphatic carbocycles. The van der Waals surface area contributed by atoms with E-state index in [0.717, 1.165) is 37.7 Å². The number of hydrogen-bond donors (Lipinski definition) is 2. The number of benzene rings is 5. The lowest BCUT2D eigenvalue weighted by molar-refractivity contribution is -0.140. The molecule has 0 aromatic heterocycles. The average Bonchev–Trinajstić information content (AvgIpc) is 3.06. The summed E-state index contributed by atoms with van der Waals surface area (Å²) in [7, 11) is 0. The normalized spacial score (nSPS) is 12.0. The first-order valence-corrected chi connectivity index (χ1v) is 15.7. The number of carbonyl (C=O) groups is 1. The molecule has 0 amide bonds. The minimum atomic E-state index is -0.639. The van der Waals surface area contributed by atoms with Gasteiger partial charge in [0.05, 0.1) is 18.8 Å². The molecule has 0 saturated heterocycles. The molecule has 0 heterocycles. The maximum atomic E-state index is 11.9. The fraction of sp³-hybridized carbons (Fsp3) is 0.275. The Morgan fingerprint density at radius 2 is 1.30 bits per heavy atom. The van der Waals surface area contributed by atoms with Crippen LogP contribution in [0.15, 0.2) is 103 Å². The molecular formula is C40H42O4. The molecule has 0 bridgehead atoms. The van der Waals surface area contributed by atoms with Gasteiger partial charge in [0.2, 0.25) is 0 Å². The third-order valence-corrected chi connectivity index (χ3v) is 8.56. The first-order valence-electron chi connectivity index (χ1n) is 15.7. The van der Waals surface area contributed by atoms with Gasteiger partial charge in [0.25, 0.3) is 0 Å². The van der Waals surface area contributed by atoms with Crippen molar-refractivity contribution in [1.82, 2.24) is 0 Å². The predicted molar refractivity (Wildman–Crippen MR) is 181 cm³/mol. The zero-order chi connectivity index (χ0) is 31.1. The fourth-order valence-electron chi connectivity index (χ4n) is 5.90. The Bertz CT molecular complexity index is 1780. The Kier molecular flexibility index (Phi) is 10.3. The molecule has 5 rings (SSSR count). The van der Waals surface area contributed by atoms with Crippen LogP contribution in [0.25, 0.3) is 32.7 Å². The van der Waals surface area contributed by atoms with Gasteiger partial charge in [-0.05, 0) is 98.3 Å². The third-order valence-electron chi connectivity index (χ3n) is 8.56. The van der Waals surface area contributed by atoms with Gasteiger partial charge >= 0.3 is 5.97 Å². The van der Waals surface area contributed by atoms with Gasteiger partial charge in [0.1, 0.15) is 6.61 Å². The van der Waals surface area contributed by atoms with Crippen LogP contribution in [0.4, 0.5) is 0 Å². The Hall–Kier alpha value is -4.25. The third kappa shape index (κ3) is 7.27. The highest BCUT2D eigenvalue weighted by molar-refractivity contribution is 5.92. The molecule has 4 nitrogen and oxygen atoms in total. The zero-order valence-electron chi connectivity index (χ0n) is 25.8. The molecule has 5 aromatic carbocycles. The minimum absolute atomic E-state index is 0.00564. The SMILES string of the molecule is C=C(CO)C(=O)OCC(CO)c1ccc(CCc2ccc3cc(-c4ccc5cc(CCC)ccc5c4)ccc3c2)c(CC)c1. The van der Waals surface area contributed by atoms with E-state index in [1.807, 2.05) is 6.07 Å². The number of aryl methyl sites for hydroxylation is 4.